The van der Waals surface area contributed by atoms with Crippen LogP contribution in [0, 0.1) is 6.92 Å². The summed E-state index contributed by atoms with van der Waals surface area (Å²) in [5.41, 5.74) is 7.61. The summed E-state index contributed by atoms with van der Waals surface area (Å²) in [6.45, 7) is 7.45. The summed E-state index contributed by atoms with van der Waals surface area (Å²) in [7, 11) is 0. The summed E-state index contributed by atoms with van der Waals surface area (Å²) in [5, 5.41) is 8.99. The van der Waals surface area contributed by atoms with Crippen molar-refractivity contribution in [1.82, 2.24) is 4.98 Å². The van der Waals surface area contributed by atoms with Gasteiger partial charge in [-0.15, -0.1) is 6.58 Å². The van der Waals surface area contributed by atoms with Gasteiger partial charge in [-0.05, 0) is 24.6 Å². The van der Waals surface area contributed by atoms with E-state index >= 15 is 0 Å². The highest BCUT2D eigenvalue weighted by molar-refractivity contribution is 5.43. The highest BCUT2D eigenvalue weighted by atomic mass is 16.3. The first-order chi connectivity index (χ1) is 7.71. The average molecular weight is 221 g/mol. The van der Waals surface area contributed by atoms with Crippen LogP contribution in [0.1, 0.15) is 11.3 Å². The van der Waals surface area contributed by atoms with Crippen molar-refractivity contribution in [2.24, 2.45) is 5.73 Å². The standard InChI is InChI=1S/C12H19N3O/c1-3-4-15(5-6-16)12-8-11(9-13)7-10(2)14-12/h3,7-8,16H,1,4-6,9,13H2,2H3. The van der Waals surface area contributed by atoms with Gasteiger partial charge in [-0.3, -0.25) is 0 Å². The molecule has 0 aliphatic rings. The topological polar surface area (TPSA) is 62.4 Å². The Morgan fingerprint density at radius 2 is 2.31 bits per heavy atom. The molecule has 0 unspecified atom stereocenters. The lowest BCUT2D eigenvalue weighted by Crippen LogP contribution is -2.27. The van der Waals surface area contributed by atoms with Gasteiger partial charge in [0.2, 0.25) is 0 Å². The number of nitrogens with two attached hydrogens (primary N) is 1. The van der Waals surface area contributed by atoms with Crippen molar-refractivity contribution in [2.45, 2.75) is 13.5 Å². The third-order valence-corrected chi connectivity index (χ3v) is 2.28. The van der Waals surface area contributed by atoms with Gasteiger partial charge in [0.1, 0.15) is 5.82 Å². The Labute approximate surface area is 96.4 Å². The molecule has 1 rings (SSSR count). The first kappa shape index (κ1) is 12.7. The van der Waals surface area contributed by atoms with Gasteiger partial charge in [0.15, 0.2) is 0 Å². The summed E-state index contributed by atoms with van der Waals surface area (Å²) < 4.78 is 0. The van der Waals surface area contributed by atoms with Crippen LogP contribution in [0.3, 0.4) is 0 Å². The molecule has 0 saturated carbocycles. The highest BCUT2D eigenvalue weighted by Gasteiger charge is 2.07. The molecule has 0 aromatic carbocycles. The van der Waals surface area contributed by atoms with Gasteiger partial charge in [-0.1, -0.05) is 6.08 Å². The van der Waals surface area contributed by atoms with Crippen molar-refractivity contribution >= 4 is 5.82 Å². The summed E-state index contributed by atoms with van der Waals surface area (Å²) in [4.78, 5) is 6.40. The van der Waals surface area contributed by atoms with Crippen molar-refractivity contribution in [3.8, 4) is 0 Å². The molecule has 0 radical (unpaired) electrons. The predicted molar refractivity (Wildman–Crippen MR) is 66.4 cm³/mol. The zero-order valence-corrected chi connectivity index (χ0v) is 9.69. The second-order valence-corrected chi connectivity index (χ2v) is 3.64. The van der Waals surface area contributed by atoms with E-state index in [4.69, 9.17) is 10.8 Å². The van der Waals surface area contributed by atoms with Gasteiger partial charge in [0.05, 0.1) is 6.61 Å². The number of hydrogen-bond acceptors (Lipinski definition) is 4. The van der Waals surface area contributed by atoms with Crippen LogP contribution < -0.4 is 10.6 Å². The highest BCUT2D eigenvalue weighted by Crippen LogP contribution is 2.14. The fourth-order valence-electron chi connectivity index (χ4n) is 1.58. The fraction of sp³-hybridized carbons (Fsp3) is 0.417. The van der Waals surface area contributed by atoms with Gasteiger partial charge in [-0.2, -0.15) is 0 Å². The Kier molecular flexibility index (Phi) is 4.95. The van der Waals surface area contributed by atoms with Crippen LogP contribution in [0.25, 0.3) is 0 Å². The zero-order chi connectivity index (χ0) is 12.0. The maximum atomic E-state index is 8.99. The van der Waals surface area contributed by atoms with Crippen LogP contribution in [0.2, 0.25) is 0 Å². The molecule has 88 valence electrons. The van der Waals surface area contributed by atoms with Crippen LogP contribution in [-0.4, -0.2) is 29.8 Å². The second-order valence-electron chi connectivity index (χ2n) is 3.64. The van der Waals surface area contributed by atoms with E-state index in [9.17, 15) is 0 Å². The predicted octanol–water partition coefficient (Wildman–Crippen LogP) is 0.833. The molecule has 1 aromatic heterocycles. The number of aliphatic hydroxyl groups excluding tert-OH is 1. The van der Waals surface area contributed by atoms with Gasteiger partial charge < -0.3 is 15.7 Å². The fourth-order valence-corrected chi connectivity index (χ4v) is 1.58. The second kappa shape index (κ2) is 6.25. The van der Waals surface area contributed by atoms with E-state index in [1.165, 1.54) is 0 Å². The zero-order valence-electron chi connectivity index (χ0n) is 9.69. The maximum Gasteiger partial charge on any atom is 0.129 e. The van der Waals surface area contributed by atoms with E-state index in [2.05, 4.69) is 11.6 Å². The van der Waals surface area contributed by atoms with E-state index < -0.39 is 0 Å². The van der Waals surface area contributed by atoms with Gasteiger partial charge in [-0.25, -0.2) is 4.98 Å². The van der Waals surface area contributed by atoms with Gasteiger partial charge in [0, 0.05) is 25.3 Å². The normalized spacial score (nSPS) is 10.2. The lowest BCUT2D eigenvalue weighted by Gasteiger charge is -2.22. The third kappa shape index (κ3) is 3.32. The number of aromatic nitrogens is 1. The summed E-state index contributed by atoms with van der Waals surface area (Å²) in [6.07, 6.45) is 1.79. The van der Waals surface area contributed by atoms with E-state index in [-0.39, 0.29) is 6.61 Å². The van der Waals surface area contributed by atoms with E-state index in [1.54, 1.807) is 6.08 Å². The molecule has 0 saturated heterocycles. The molecule has 1 heterocycles. The quantitative estimate of drug-likeness (QED) is 0.699. The van der Waals surface area contributed by atoms with Crippen molar-refractivity contribution < 1.29 is 5.11 Å². The number of anilines is 1. The minimum Gasteiger partial charge on any atom is -0.395 e. The molecule has 0 amide bonds. The first-order valence-electron chi connectivity index (χ1n) is 5.35. The Morgan fingerprint density at radius 1 is 1.56 bits per heavy atom. The molecule has 0 aliphatic carbocycles. The van der Waals surface area contributed by atoms with Crippen LogP contribution >= 0.6 is 0 Å². The third-order valence-electron chi connectivity index (χ3n) is 2.28. The van der Waals surface area contributed by atoms with Crippen LogP contribution in [0.5, 0.6) is 0 Å². The van der Waals surface area contributed by atoms with Crippen molar-refractivity contribution in [2.75, 3.05) is 24.6 Å². The lowest BCUT2D eigenvalue weighted by molar-refractivity contribution is 0.302. The summed E-state index contributed by atoms with van der Waals surface area (Å²) >= 11 is 0. The van der Waals surface area contributed by atoms with Crippen molar-refractivity contribution in [3.63, 3.8) is 0 Å². The number of rotatable bonds is 6. The van der Waals surface area contributed by atoms with Crippen molar-refractivity contribution in [1.29, 1.82) is 0 Å². The SMILES string of the molecule is C=CCN(CCO)c1cc(CN)cc(C)n1. The van der Waals surface area contributed by atoms with E-state index in [1.807, 2.05) is 24.0 Å². The molecule has 4 heteroatoms. The number of aryl methyl sites for hydroxylation is 1. The Morgan fingerprint density at radius 3 is 2.88 bits per heavy atom. The number of nitrogens with zero attached hydrogens (tertiary/aromatic N) is 2. The lowest BCUT2D eigenvalue weighted by atomic mass is 10.2. The molecule has 1 aromatic rings. The minimum absolute atomic E-state index is 0.0986. The number of pyridine rings is 1. The van der Waals surface area contributed by atoms with Crippen molar-refractivity contribution in [3.05, 3.63) is 36.0 Å². The summed E-state index contributed by atoms with van der Waals surface area (Å²) in [6, 6.07) is 3.92. The van der Waals surface area contributed by atoms with Crippen LogP contribution in [-0.2, 0) is 6.54 Å². The smallest absolute Gasteiger partial charge is 0.129 e. The molecule has 0 aliphatic heterocycles. The molecular formula is C12H19N3O. The summed E-state index contributed by atoms with van der Waals surface area (Å²) in [5.74, 6) is 0.842. The number of aliphatic hydroxyl groups is 1. The minimum atomic E-state index is 0.0986. The largest absolute Gasteiger partial charge is 0.395 e. The Hall–Kier alpha value is -1.39. The Balaban J connectivity index is 2.97. The van der Waals surface area contributed by atoms with Crippen LogP contribution in [0.15, 0.2) is 24.8 Å². The molecule has 0 spiro atoms. The van der Waals surface area contributed by atoms with E-state index in [0.29, 0.717) is 19.6 Å². The van der Waals surface area contributed by atoms with Gasteiger partial charge >= 0.3 is 0 Å². The first-order valence-corrected chi connectivity index (χ1v) is 5.35. The number of hydrogen-bond donors (Lipinski definition) is 2. The van der Waals surface area contributed by atoms with Crippen LogP contribution in [0.4, 0.5) is 5.82 Å². The molecule has 0 atom stereocenters. The molecule has 0 fully saturated rings. The average Bonchev–Trinajstić information content (AvgIpc) is 2.28. The molecule has 3 N–H and O–H groups in total. The Bertz CT molecular complexity index is 352. The van der Waals surface area contributed by atoms with E-state index in [0.717, 1.165) is 17.1 Å². The molecule has 16 heavy (non-hydrogen) atoms. The molecular weight excluding hydrogens is 202 g/mol. The molecule has 4 nitrogen and oxygen atoms in total. The maximum absolute atomic E-state index is 8.99. The molecule has 0 bridgehead atoms. The monoisotopic (exact) mass is 221 g/mol. The van der Waals surface area contributed by atoms with Gasteiger partial charge in [0.25, 0.3) is 0 Å².